The fraction of sp³-hybridized carbons (Fsp3) is 0.667. The molecule has 0 aliphatic heterocycles. The quantitative estimate of drug-likeness (QED) is 0.420. The van der Waals surface area contributed by atoms with Crippen LogP contribution in [-0.4, -0.2) is 13.2 Å². The summed E-state index contributed by atoms with van der Waals surface area (Å²) in [4.78, 5) is 0. The first-order chi connectivity index (χ1) is 11.7. The Balaban J connectivity index is -0.000000322. The van der Waals surface area contributed by atoms with Crippen LogP contribution in [0.25, 0.3) is 0 Å². The first-order valence-corrected chi connectivity index (χ1v) is 9.49. The Morgan fingerprint density at radius 3 is 0.852 bits per heavy atom. The molecule has 152 valence electrons. The van der Waals surface area contributed by atoms with Crippen LogP contribution in [0.5, 0.6) is 0 Å². The van der Waals surface area contributed by atoms with E-state index < -0.39 is 0 Å². The summed E-state index contributed by atoms with van der Waals surface area (Å²) >= 11 is 0. The molecule has 0 fully saturated rings. The van der Waals surface area contributed by atoms with Crippen molar-refractivity contribution in [3.63, 3.8) is 0 Å². The van der Waals surface area contributed by atoms with E-state index in [1.54, 1.807) is 13.8 Å². The van der Waals surface area contributed by atoms with Gasteiger partial charge in [-0.3, -0.25) is 12.2 Å². The van der Waals surface area contributed by atoms with Crippen LogP contribution in [0.2, 0.25) is 0 Å². The van der Waals surface area contributed by atoms with Crippen molar-refractivity contribution in [2.75, 3.05) is 13.2 Å². The smallest absolute Gasteiger partial charge is 0.855 e. The largest absolute Gasteiger partial charge is 4.00 e. The second-order valence-electron chi connectivity index (χ2n) is 7.83. The Bertz CT molecular complexity index is 521. The summed E-state index contributed by atoms with van der Waals surface area (Å²) < 4.78 is 0. The average Bonchev–Trinajstić information content (AvgIpc) is 2.80. The summed E-state index contributed by atoms with van der Waals surface area (Å²) in [5, 5.41) is 17.9. The maximum absolute atomic E-state index is 8.93. The molecule has 0 saturated heterocycles. The Labute approximate surface area is 184 Å². The maximum Gasteiger partial charge on any atom is 4.00 e. The number of hydrogen-bond acceptors (Lipinski definition) is 2. The molecule has 2 nitrogen and oxygen atoms in total. The van der Waals surface area contributed by atoms with E-state index >= 15 is 0 Å². The molecule has 0 spiro atoms. The van der Waals surface area contributed by atoms with E-state index in [2.05, 4.69) is 81.4 Å². The molecule has 0 heterocycles. The molecule has 2 aliphatic rings. The summed E-state index contributed by atoms with van der Waals surface area (Å²) in [5.74, 6) is 0. The van der Waals surface area contributed by atoms with E-state index in [1.807, 2.05) is 0 Å². The van der Waals surface area contributed by atoms with Crippen molar-refractivity contribution in [2.24, 2.45) is 10.8 Å². The van der Waals surface area contributed by atoms with Gasteiger partial charge in [0.05, 0.1) is 0 Å². The molecule has 0 atom stereocenters. The van der Waals surface area contributed by atoms with Crippen LogP contribution >= 0.6 is 0 Å². The molecule has 27 heavy (non-hydrogen) atoms. The van der Waals surface area contributed by atoms with Crippen molar-refractivity contribution in [2.45, 2.75) is 83.1 Å². The van der Waals surface area contributed by atoms with Crippen LogP contribution in [-0.2, 0) is 21.7 Å². The number of allylic oxidation sites excluding steroid dienone is 8. The van der Waals surface area contributed by atoms with E-state index in [0.29, 0.717) is 0 Å². The van der Waals surface area contributed by atoms with E-state index in [1.165, 1.54) is 33.4 Å². The molecule has 0 unspecified atom stereocenters. The first-order valence-electron chi connectivity index (χ1n) is 9.49. The van der Waals surface area contributed by atoms with Crippen molar-refractivity contribution in [3.05, 3.63) is 45.6 Å². The fourth-order valence-electron chi connectivity index (χ4n) is 2.81. The number of rotatable bonds is 0. The fourth-order valence-corrected chi connectivity index (χ4v) is 2.81. The van der Waals surface area contributed by atoms with Gasteiger partial charge in [-0.05, 0) is 0 Å². The van der Waals surface area contributed by atoms with Crippen molar-refractivity contribution < 1.29 is 31.9 Å². The van der Waals surface area contributed by atoms with Crippen LogP contribution in [0.15, 0.2) is 33.4 Å². The Kier molecular flexibility index (Phi) is 15.9. The van der Waals surface area contributed by atoms with Crippen LogP contribution in [0.1, 0.15) is 83.1 Å². The minimum atomic E-state index is 0. The summed E-state index contributed by atoms with van der Waals surface area (Å²) in [7, 11) is 0. The van der Waals surface area contributed by atoms with Crippen LogP contribution < -0.4 is 10.2 Å². The topological polar surface area (TPSA) is 46.1 Å². The standard InChI is InChI=1S/2C10H15.2C2H5O.Ti/c2*1-7-6-10(4,5)9(3)8(7)2;2*1-2-3;/h2*1-5H3;2*2H2,1H3;/q4*-1;+4. The predicted molar refractivity (Wildman–Crippen MR) is 110 cm³/mol. The van der Waals surface area contributed by atoms with Gasteiger partial charge in [-0.2, -0.15) is 22.3 Å². The van der Waals surface area contributed by atoms with Crippen molar-refractivity contribution in [1.82, 2.24) is 0 Å². The molecule has 3 heteroatoms. The van der Waals surface area contributed by atoms with Gasteiger partial charge in [0.1, 0.15) is 0 Å². The maximum atomic E-state index is 8.93. The van der Waals surface area contributed by atoms with Gasteiger partial charge in [0, 0.05) is 0 Å². The third kappa shape index (κ3) is 10.1. The van der Waals surface area contributed by atoms with Gasteiger partial charge in [-0.25, -0.2) is 11.1 Å². The zero-order valence-corrected chi connectivity index (χ0v) is 21.3. The van der Waals surface area contributed by atoms with E-state index in [4.69, 9.17) is 10.2 Å². The average molecular weight is 408 g/mol. The molecule has 0 aromatic heterocycles. The molecule has 0 aromatic carbocycles. The molecule has 0 amide bonds. The van der Waals surface area contributed by atoms with Gasteiger partial charge >= 0.3 is 21.7 Å². The molecule has 0 bridgehead atoms. The number of hydrogen-bond donors (Lipinski definition) is 0. The van der Waals surface area contributed by atoms with Crippen molar-refractivity contribution >= 4 is 0 Å². The molecule has 0 aromatic rings. The molecule has 0 radical (unpaired) electrons. The Hall–Kier alpha value is -0.406. The summed E-state index contributed by atoms with van der Waals surface area (Å²) in [6.45, 7) is 25.0. The third-order valence-corrected chi connectivity index (χ3v) is 5.12. The Morgan fingerprint density at radius 1 is 0.630 bits per heavy atom. The monoisotopic (exact) mass is 408 g/mol. The SMILES string of the molecule is CC1=[C-]C(C)(C)C(C)=C1C.CC1=[C-]C(C)(C)C(C)=C1C.CC[O-].CC[O-].[Ti+4]. The first kappa shape index (κ1) is 31.3. The molecule has 0 N–H and O–H groups in total. The molecular weight excluding hydrogens is 368 g/mol. The summed E-state index contributed by atoms with van der Waals surface area (Å²) in [6.07, 6.45) is 6.87. The predicted octanol–water partition coefficient (Wildman–Crippen LogP) is 4.95. The van der Waals surface area contributed by atoms with Gasteiger partial charge in [0.25, 0.3) is 0 Å². The van der Waals surface area contributed by atoms with Gasteiger partial charge in [0.15, 0.2) is 0 Å². The molecular formula is C24H40O2Ti. The normalized spacial score (nSPS) is 18.7. The third-order valence-electron chi connectivity index (χ3n) is 5.12. The minimum absolute atomic E-state index is 0. The summed E-state index contributed by atoms with van der Waals surface area (Å²) in [5.41, 5.74) is 8.79. The van der Waals surface area contributed by atoms with E-state index in [9.17, 15) is 0 Å². The molecule has 0 saturated carbocycles. The molecule has 2 aliphatic carbocycles. The van der Waals surface area contributed by atoms with Crippen LogP contribution in [0.4, 0.5) is 0 Å². The summed E-state index contributed by atoms with van der Waals surface area (Å²) in [6, 6.07) is 0. The minimum Gasteiger partial charge on any atom is -0.855 e. The zero-order valence-electron chi connectivity index (χ0n) is 19.7. The second-order valence-corrected chi connectivity index (χ2v) is 7.83. The van der Waals surface area contributed by atoms with Crippen LogP contribution in [0, 0.1) is 23.0 Å². The van der Waals surface area contributed by atoms with Crippen molar-refractivity contribution in [1.29, 1.82) is 0 Å². The zero-order chi connectivity index (χ0) is 21.3. The van der Waals surface area contributed by atoms with E-state index in [-0.39, 0.29) is 45.8 Å². The second kappa shape index (κ2) is 13.7. The Morgan fingerprint density at radius 2 is 0.815 bits per heavy atom. The van der Waals surface area contributed by atoms with Crippen LogP contribution in [0.3, 0.4) is 0 Å². The van der Waals surface area contributed by atoms with Gasteiger partial charge in [-0.15, -0.1) is 27.1 Å². The van der Waals surface area contributed by atoms with Crippen molar-refractivity contribution in [3.8, 4) is 0 Å². The van der Waals surface area contributed by atoms with Gasteiger partial charge in [-0.1, -0.05) is 80.1 Å². The van der Waals surface area contributed by atoms with Gasteiger partial charge in [0.2, 0.25) is 0 Å². The molecule has 2 rings (SSSR count). The van der Waals surface area contributed by atoms with Gasteiger partial charge < -0.3 is 10.2 Å². The van der Waals surface area contributed by atoms with E-state index in [0.717, 1.165) is 0 Å².